The number of benzene rings is 1. The lowest BCUT2D eigenvalue weighted by Crippen LogP contribution is -2.16. The van der Waals surface area contributed by atoms with Crippen LogP contribution in [0.15, 0.2) is 17.3 Å². The van der Waals surface area contributed by atoms with Gasteiger partial charge in [0.1, 0.15) is 5.82 Å². The van der Waals surface area contributed by atoms with Crippen molar-refractivity contribution in [1.29, 1.82) is 0 Å². The van der Waals surface area contributed by atoms with E-state index in [1.54, 1.807) is 11.8 Å². The summed E-state index contributed by atoms with van der Waals surface area (Å²) in [5.74, 6) is 1.92. The molecule has 4 nitrogen and oxygen atoms in total. The van der Waals surface area contributed by atoms with Crippen molar-refractivity contribution in [3.8, 4) is 0 Å². The van der Waals surface area contributed by atoms with Crippen LogP contribution >= 0.6 is 11.8 Å². The number of hydrogen-bond acceptors (Lipinski definition) is 4. The minimum Gasteiger partial charge on any atom is -0.303 e. The number of aryl methyl sites for hydroxylation is 3. The first kappa shape index (κ1) is 16.8. The third kappa shape index (κ3) is 3.26. The van der Waals surface area contributed by atoms with Crippen molar-refractivity contribution in [2.45, 2.75) is 75.7 Å². The van der Waals surface area contributed by atoms with Crippen LogP contribution in [0, 0.1) is 20.8 Å². The first-order valence-electron chi connectivity index (χ1n) is 9.19. The zero-order valence-corrected chi connectivity index (χ0v) is 16.2. The Morgan fingerprint density at radius 3 is 2.40 bits per heavy atom. The van der Waals surface area contributed by atoms with Crippen molar-refractivity contribution in [3.63, 3.8) is 0 Å². The standard InChI is InChI=1S/C20H25N3OS/c1-11-9-13(3)17(10-12(11)2)18(24)14(4)25-20-22-21-19(15-5-6-15)23(20)16-7-8-16/h9-10,14-16H,5-8H2,1-4H3. The maximum atomic E-state index is 13.0. The fourth-order valence-corrected chi connectivity index (χ4v) is 4.32. The van der Waals surface area contributed by atoms with Crippen LogP contribution in [0.4, 0.5) is 0 Å². The van der Waals surface area contributed by atoms with Gasteiger partial charge in [0.25, 0.3) is 0 Å². The minimum atomic E-state index is -0.158. The zero-order valence-electron chi connectivity index (χ0n) is 15.4. The highest BCUT2D eigenvalue weighted by atomic mass is 32.2. The molecule has 2 aliphatic rings. The molecule has 0 saturated heterocycles. The van der Waals surface area contributed by atoms with Crippen LogP contribution < -0.4 is 0 Å². The highest BCUT2D eigenvalue weighted by Crippen LogP contribution is 2.46. The summed E-state index contributed by atoms with van der Waals surface area (Å²) in [5.41, 5.74) is 4.30. The van der Waals surface area contributed by atoms with Crippen LogP contribution in [0.25, 0.3) is 0 Å². The second-order valence-corrected chi connectivity index (χ2v) is 8.90. The number of ketones is 1. The molecule has 5 heteroatoms. The molecule has 0 amide bonds. The quantitative estimate of drug-likeness (QED) is 0.553. The van der Waals surface area contributed by atoms with Crippen molar-refractivity contribution in [3.05, 3.63) is 40.2 Å². The van der Waals surface area contributed by atoms with Gasteiger partial charge in [0, 0.05) is 17.5 Å². The van der Waals surface area contributed by atoms with Gasteiger partial charge in [0.2, 0.25) is 0 Å². The van der Waals surface area contributed by atoms with Gasteiger partial charge < -0.3 is 4.57 Å². The summed E-state index contributed by atoms with van der Waals surface area (Å²) >= 11 is 1.57. The molecular formula is C20H25N3OS. The average Bonchev–Trinajstić information content (AvgIpc) is 3.49. The number of carbonyl (C=O) groups is 1. The number of aromatic nitrogens is 3. The van der Waals surface area contributed by atoms with Crippen molar-refractivity contribution >= 4 is 17.5 Å². The summed E-state index contributed by atoms with van der Waals surface area (Å²) in [5, 5.41) is 9.65. The van der Waals surface area contributed by atoms with E-state index in [0.29, 0.717) is 12.0 Å². The number of thioether (sulfide) groups is 1. The van der Waals surface area contributed by atoms with Gasteiger partial charge >= 0.3 is 0 Å². The lowest BCUT2D eigenvalue weighted by Gasteiger charge is -2.15. The van der Waals surface area contributed by atoms with E-state index < -0.39 is 0 Å². The molecule has 1 heterocycles. The van der Waals surface area contributed by atoms with Crippen LogP contribution in [-0.2, 0) is 0 Å². The fraction of sp³-hybridized carbons (Fsp3) is 0.550. The maximum Gasteiger partial charge on any atom is 0.192 e. The minimum absolute atomic E-state index is 0.158. The van der Waals surface area contributed by atoms with E-state index in [0.717, 1.165) is 22.1 Å². The smallest absolute Gasteiger partial charge is 0.192 e. The molecule has 0 N–H and O–H groups in total. The highest BCUT2D eigenvalue weighted by molar-refractivity contribution is 8.00. The third-order valence-corrected chi connectivity index (χ3v) is 6.36. The number of Topliss-reactive ketones (excluding diaryl/α,β-unsaturated/α-hetero) is 1. The molecule has 1 atom stereocenters. The first-order chi connectivity index (χ1) is 12.0. The second kappa shape index (κ2) is 6.27. The largest absolute Gasteiger partial charge is 0.303 e. The van der Waals surface area contributed by atoms with Gasteiger partial charge in [-0.2, -0.15) is 0 Å². The molecular weight excluding hydrogens is 330 g/mol. The molecule has 4 rings (SSSR count). The third-order valence-electron chi connectivity index (χ3n) is 5.30. The molecule has 2 aliphatic carbocycles. The van der Waals surface area contributed by atoms with Crippen molar-refractivity contribution < 1.29 is 4.79 Å². The van der Waals surface area contributed by atoms with Gasteiger partial charge in [-0.15, -0.1) is 10.2 Å². The Morgan fingerprint density at radius 1 is 1.08 bits per heavy atom. The molecule has 2 fully saturated rings. The Kier molecular flexibility index (Phi) is 4.22. The van der Waals surface area contributed by atoms with Gasteiger partial charge in [-0.25, -0.2) is 0 Å². The predicted molar refractivity (Wildman–Crippen MR) is 101 cm³/mol. The van der Waals surface area contributed by atoms with Gasteiger partial charge in [0.05, 0.1) is 5.25 Å². The van der Waals surface area contributed by atoms with E-state index in [9.17, 15) is 4.79 Å². The molecule has 2 aromatic rings. The number of carbonyl (C=O) groups excluding carboxylic acids is 1. The fourth-order valence-electron chi connectivity index (χ4n) is 3.32. The van der Waals surface area contributed by atoms with Gasteiger partial charge in [-0.3, -0.25) is 4.79 Å². The molecule has 0 spiro atoms. The summed E-state index contributed by atoms with van der Waals surface area (Å²) in [6.07, 6.45) is 4.88. The van der Waals surface area contributed by atoms with Crippen LogP contribution in [-0.4, -0.2) is 25.8 Å². The summed E-state index contributed by atoms with van der Waals surface area (Å²) in [7, 11) is 0. The van der Waals surface area contributed by atoms with E-state index in [1.807, 2.05) is 19.9 Å². The predicted octanol–water partition coefficient (Wildman–Crippen LogP) is 4.78. The second-order valence-electron chi connectivity index (χ2n) is 7.59. The molecule has 1 aromatic heterocycles. The summed E-state index contributed by atoms with van der Waals surface area (Å²) in [6.45, 7) is 8.17. The molecule has 25 heavy (non-hydrogen) atoms. The topological polar surface area (TPSA) is 47.8 Å². The Morgan fingerprint density at radius 2 is 1.76 bits per heavy atom. The molecule has 2 saturated carbocycles. The molecule has 0 aliphatic heterocycles. The van der Waals surface area contributed by atoms with E-state index in [1.165, 1.54) is 36.8 Å². The SMILES string of the molecule is Cc1cc(C)c(C(=O)C(C)Sc2nnc(C3CC3)n2C2CC2)cc1C. The van der Waals surface area contributed by atoms with Crippen LogP contribution in [0.1, 0.15) is 77.4 Å². The van der Waals surface area contributed by atoms with E-state index >= 15 is 0 Å². The maximum absolute atomic E-state index is 13.0. The molecule has 0 bridgehead atoms. The van der Waals surface area contributed by atoms with Crippen molar-refractivity contribution in [2.24, 2.45) is 0 Å². The van der Waals surface area contributed by atoms with E-state index in [-0.39, 0.29) is 11.0 Å². The van der Waals surface area contributed by atoms with Crippen molar-refractivity contribution in [1.82, 2.24) is 14.8 Å². The highest BCUT2D eigenvalue weighted by Gasteiger charge is 2.37. The van der Waals surface area contributed by atoms with E-state index in [2.05, 4.69) is 34.7 Å². The molecule has 0 radical (unpaired) electrons. The lowest BCUT2D eigenvalue weighted by molar-refractivity contribution is 0.0993. The van der Waals surface area contributed by atoms with Gasteiger partial charge in [-0.05, 0) is 76.1 Å². The summed E-state index contributed by atoms with van der Waals surface area (Å²) in [6, 6.07) is 4.70. The van der Waals surface area contributed by atoms with E-state index in [4.69, 9.17) is 0 Å². The summed E-state index contributed by atoms with van der Waals surface area (Å²) in [4.78, 5) is 13.0. The molecule has 1 aromatic carbocycles. The average molecular weight is 356 g/mol. The Balaban J connectivity index is 1.57. The lowest BCUT2D eigenvalue weighted by atomic mass is 9.97. The monoisotopic (exact) mass is 355 g/mol. The van der Waals surface area contributed by atoms with Crippen molar-refractivity contribution in [2.75, 3.05) is 0 Å². The molecule has 132 valence electrons. The van der Waals surface area contributed by atoms with Crippen LogP contribution in [0.3, 0.4) is 0 Å². The Labute approximate surface area is 153 Å². The number of rotatable bonds is 6. The van der Waals surface area contributed by atoms with Gasteiger partial charge in [0.15, 0.2) is 10.9 Å². The number of nitrogens with zero attached hydrogens (tertiary/aromatic N) is 3. The van der Waals surface area contributed by atoms with Gasteiger partial charge in [-0.1, -0.05) is 17.8 Å². The van der Waals surface area contributed by atoms with Crippen LogP contribution in [0.2, 0.25) is 0 Å². The Bertz CT molecular complexity index is 834. The number of hydrogen-bond donors (Lipinski definition) is 0. The zero-order chi connectivity index (χ0) is 17.7. The molecule has 1 unspecified atom stereocenters. The Hall–Kier alpha value is -1.62. The summed E-state index contributed by atoms with van der Waals surface area (Å²) < 4.78 is 2.32. The van der Waals surface area contributed by atoms with Crippen LogP contribution in [0.5, 0.6) is 0 Å². The first-order valence-corrected chi connectivity index (χ1v) is 10.1. The normalized spacial score (nSPS) is 18.4.